The Hall–Kier alpha value is -4.74. The maximum Gasteiger partial charge on any atom is 0.333 e. The molecule has 0 amide bonds. The second-order valence-electron chi connectivity index (χ2n) is 10.3. The molecule has 4 aromatic carbocycles. The molecule has 7 nitrogen and oxygen atoms in total. The number of esters is 1. The van der Waals surface area contributed by atoms with Crippen molar-refractivity contribution < 1.29 is 14.6 Å². The number of aromatic nitrogens is 2. The minimum absolute atomic E-state index is 0.0666. The largest absolute Gasteiger partial charge is 0.494 e. The first kappa shape index (κ1) is 29.7. The van der Waals surface area contributed by atoms with Crippen LogP contribution in [0.2, 0.25) is 0 Å². The molecule has 1 N–H and O–H groups in total. The van der Waals surface area contributed by atoms with E-state index in [9.17, 15) is 19.5 Å². The number of rotatable bonds is 9. The van der Waals surface area contributed by atoms with Crippen LogP contribution in [0.1, 0.15) is 29.6 Å². The number of ether oxygens (including phenoxy) is 1. The molecule has 0 fully saturated rings. The Bertz CT molecular complexity index is 1730. The molecule has 2 atom stereocenters. The van der Waals surface area contributed by atoms with Crippen molar-refractivity contribution in [3.63, 3.8) is 0 Å². The highest BCUT2D eigenvalue weighted by Crippen LogP contribution is 2.71. The highest BCUT2D eigenvalue weighted by atomic mass is 31.2. The molecule has 8 heteroatoms. The molecule has 0 saturated heterocycles. The molecule has 43 heavy (non-hydrogen) atoms. The van der Waals surface area contributed by atoms with Crippen molar-refractivity contribution in [2.24, 2.45) is 14.1 Å². The summed E-state index contributed by atoms with van der Waals surface area (Å²) < 4.78 is 7.64. The number of carbonyl (C=O) groups excluding carboxylic acids is 1. The zero-order valence-corrected chi connectivity index (χ0v) is 25.2. The minimum atomic E-state index is -2.91. The highest BCUT2D eigenvalue weighted by molar-refractivity contribution is 7.96. The monoisotopic (exact) mass is 593 g/mol. The van der Waals surface area contributed by atoms with Crippen LogP contribution >= 0.6 is 7.26 Å². The average molecular weight is 594 g/mol. The van der Waals surface area contributed by atoms with Crippen molar-refractivity contribution >= 4 is 29.1 Å². The highest BCUT2D eigenvalue weighted by Gasteiger charge is 2.59. The Kier molecular flexibility index (Phi) is 8.74. The van der Waals surface area contributed by atoms with Crippen molar-refractivity contribution in [2.45, 2.75) is 18.5 Å². The summed E-state index contributed by atoms with van der Waals surface area (Å²) in [6.45, 7) is 1.77. The molecule has 2 unspecified atom stereocenters. The lowest BCUT2D eigenvalue weighted by atomic mass is 9.92. The van der Waals surface area contributed by atoms with Crippen molar-refractivity contribution in [1.82, 2.24) is 9.13 Å². The molecule has 5 aromatic rings. The van der Waals surface area contributed by atoms with E-state index in [-0.39, 0.29) is 12.2 Å². The van der Waals surface area contributed by atoms with Crippen LogP contribution in [-0.2, 0) is 23.6 Å². The van der Waals surface area contributed by atoms with Crippen LogP contribution in [0.4, 0.5) is 0 Å². The third-order valence-electron chi connectivity index (χ3n) is 7.88. The first-order chi connectivity index (χ1) is 20.8. The van der Waals surface area contributed by atoms with E-state index in [2.05, 4.69) is 36.4 Å². The number of benzene rings is 4. The number of hydrogen-bond donors (Lipinski definition) is 1. The van der Waals surface area contributed by atoms with E-state index < -0.39 is 41.9 Å². The number of nitrogens with zero attached hydrogens (tertiary/aromatic N) is 2. The lowest BCUT2D eigenvalue weighted by Gasteiger charge is -2.38. The summed E-state index contributed by atoms with van der Waals surface area (Å²) in [5.74, 6) is -2.49. The third kappa shape index (κ3) is 5.21. The van der Waals surface area contributed by atoms with Crippen molar-refractivity contribution in [2.75, 3.05) is 6.61 Å². The van der Waals surface area contributed by atoms with Crippen molar-refractivity contribution in [3.8, 4) is 5.88 Å². The van der Waals surface area contributed by atoms with Crippen LogP contribution in [0.5, 0.6) is 5.88 Å². The normalized spacial score (nSPS) is 12.8. The van der Waals surface area contributed by atoms with E-state index in [1.165, 1.54) is 14.1 Å². The van der Waals surface area contributed by atoms with E-state index in [1.54, 1.807) is 6.92 Å². The summed E-state index contributed by atoms with van der Waals surface area (Å²) in [5, 5.41) is 14.4. The van der Waals surface area contributed by atoms with Gasteiger partial charge in [0.1, 0.15) is 34.8 Å². The fourth-order valence-electron chi connectivity index (χ4n) is 5.98. The summed E-state index contributed by atoms with van der Waals surface area (Å²) in [6, 6.07) is 39.6. The van der Waals surface area contributed by atoms with Crippen LogP contribution in [-0.4, -0.2) is 26.8 Å². The zero-order chi connectivity index (χ0) is 30.6. The van der Waals surface area contributed by atoms with E-state index in [4.69, 9.17) is 4.74 Å². The van der Waals surface area contributed by atoms with E-state index in [0.29, 0.717) is 0 Å². The van der Waals surface area contributed by atoms with Crippen LogP contribution in [0.15, 0.2) is 131 Å². The Balaban J connectivity index is 2.04. The predicted molar refractivity (Wildman–Crippen MR) is 172 cm³/mol. The number of aromatic hydroxyl groups is 1. The fourth-order valence-corrected chi connectivity index (χ4v) is 11.1. The topological polar surface area (TPSA) is 90.5 Å². The van der Waals surface area contributed by atoms with Crippen LogP contribution in [0, 0.1) is 0 Å². The van der Waals surface area contributed by atoms with Gasteiger partial charge in [0.15, 0.2) is 0 Å². The molecule has 1 aromatic heterocycles. The average Bonchev–Trinajstić information content (AvgIpc) is 3.06. The zero-order valence-electron chi connectivity index (χ0n) is 24.3. The van der Waals surface area contributed by atoms with Gasteiger partial charge in [-0.2, -0.15) is 0 Å². The second kappa shape index (κ2) is 12.6. The van der Waals surface area contributed by atoms with Gasteiger partial charge in [0.25, 0.3) is 5.56 Å². The van der Waals surface area contributed by atoms with E-state index >= 15 is 0 Å². The molecule has 0 aliphatic heterocycles. The Morgan fingerprint density at radius 1 is 0.721 bits per heavy atom. The minimum Gasteiger partial charge on any atom is -0.494 e. The molecule has 1 heterocycles. The molecule has 218 valence electrons. The summed E-state index contributed by atoms with van der Waals surface area (Å²) >= 11 is 0. The van der Waals surface area contributed by atoms with Crippen LogP contribution in [0.3, 0.4) is 0 Å². The molecule has 0 bridgehead atoms. The smallest absolute Gasteiger partial charge is 0.333 e. The van der Waals surface area contributed by atoms with Gasteiger partial charge in [0, 0.05) is 14.1 Å². The van der Waals surface area contributed by atoms with E-state index in [1.807, 2.05) is 84.9 Å². The molecule has 0 aliphatic rings. The fraction of sp³-hybridized carbons (Fsp3) is 0.171. The van der Waals surface area contributed by atoms with Gasteiger partial charge in [0.2, 0.25) is 5.88 Å². The molecule has 0 radical (unpaired) electrons. The SMILES string of the molecule is CCOC(=O)C(c1c(O)n(C)c(=O)n(C)c1=O)C(c1ccccc1)[P+](c1ccccc1)(c1ccccc1)c1ccccc1. The quantitative estimate of drug-likeness (QED) is 0.205. The molecular weight excluding hydrogens is 559 g/mol. The Morgan fingerprint density at radius 2 is 1.14 bits per heavy atom. The predicted octanol–water partition coefficient (Wildman–Crippen LogP) is 4.17. The van der Waals surface area contributed by atoms with Gasteiger partial charge >= 0.3 is 11.7 Å². The van der Waals surface area contributed by atoms with Crippen LogP contribution in [0.25, 0.3) is 0 Å². The van der Waals surface area contributed by atoms with Gasteiger partial charge in [-0.15, -0.1) is 0 Å². The lowest BCUT2D eigenvalue weighted by Crippen LogP contribution is -2.44. The first-order valence-corrected chi connectivity index (χ1v) is 16.0. The summed E-state index contributed by atoms with van der Waals surface area (Å²) in [5.41, 5.74) is -1.53. The van der Waals surface area contributed by atoms with Crippen LogP contribution < -0.4 is 27.2 Å². The third-order valence-corrected chi connectivity index (χ3v) is 12.7. The molecule has 0 spiro atoms. The maximum absolute atomic E-state index is 14.4. The van der Waals surface area contributed by atoms with Gasteiger partial charge in [-0.3, -0.25) is 18.7 Å². The Labute approximate surface area is 251 Å². The van der Waals surface area contributed by atoms with Gasteiger partial charge in [-0.1, -0.05) is 84.9 Å². The van der Waals surface area contributed by atoms with Gasteiger partial charge in [-0.05, 0) is 48.9 Å². The van der Waals surface area contributed by atoms with Gasteiger partial charge in [-0.25, -0.2) is 4.79 Å². The molecule has 0 aliphatic carbocycles. The molecule has 0 saturated carbocycles. The maximum atomic E-state index is 14.4. The summed E-state index contributed by atoms with van der Waals surface area (Å²) in [7, 11) is -0.182. The molecular formula is C35H34N2O5P+. The lowest BCUT2D eigenvalue weighted by molar-refractivity contribution is -0.145. The molecule has 5 rings (SSSR count). The van der Waals surface area contributed by atoms with Gasteiger partial charge < -0.3 is 9.84 Å². The van der Waals surface area contributed by atoms with Crippen molar-refractivity contribution in [3.05, 3.63) is 153 Å². The Morgan fingerprint density at radius 3 is 1.56 bits per heavy atom. The number of carbonyl (C=O) groups is 1. The van der Waals surface area contributed by atoms with Crippen molar-refractivity contribution in [1.29, 1.82) is 0 Å². The number of hydrogen-bond acceptors (Lipinski definition) is 5. The van der Waals surface area contributed by atoms with Gasteiger partial charge in [0.05, 0.1) is 12.2 Å². The summed E-state index contributed by atoms with van der Waals surface area (Å²) in [6.07, 6.45) is 0. The second-order valence-corrected chi connectivity index (χ2v) is 13.8. The summed E-state index contributed by atoms with van der Waals surface area (Å²) in [4.78, 5) is 41.2. The first-order valence-electron chi connectivity index (χ1n) is 14.1. The standard InChI is InChI=1S/C35H33N2O5P/c1-4-42-34(40)29(30-32(38)36(2)35(41)37(3)33(30)39)31(25-17-9-5-10-18-25)43(26-19-11-6-12-20-26,27-21-13-7-14-22-27)28-23-15-8-16-24-28/h5-24,29,31H,4H2,1-3H3/p+1. The van der Waals surface area contributed by atoms with E-state index in [0.717, 1.165) is 30.6 Å².